The van der Waals surface area contributed by atoms with Crippen molar-refractivity contribution in [3.63, 3.8) is 0 Å². The SMILES string of the molecule is O=C(O)CCCCCCCCCCOc1cccc(F)c1F. The third kappa shape index (κ3) is 7.96. The van der Waals surface area contributed by atoms with Crippen LogP contribution < -0.4 is 4.74 Å². The number of hydrogen-bond acceptors (Lipinski definition) is 2. The van der Waals surface area contributed by atoms with E-state index in [1.807, 2.05) is 0 Å². The summed E-state index contributed by atoms with van der Waals surface area (Å²) in [7, 11) is 0. The summed E-state index contributed by atoms with van der Waals surface area (Å²) in [5.74, 6) is -2.57. The fraction of sp³-hybridized carbons (Fsp3) is 0.588. The van der Waals surface area contributed by atoms with Crippen LogP contribution in [0.4, 0.5) is 8.78 Å². The van der Waals surface area contributed by atoms with E-state index in [0.29, 0.717) is 6.61 Å². The van der Waals surface area contributed by atoms with Crippen molar-refractivity contribution < 1.29 is 23.4 Å². The van der Waals surface area contributed by atoms with Gasteiger partial charge in [-0.3, -0.25) is 4.79 Å². The van der Waals surface area contributed by atoms with Crippen LogP contribution in [0.2, 0.25) is 0 Å². The number of carboxylic acids is 1. The van der Waals surface area contributed by atoms with Crippen LogP contribution >= 0.6 is 0 Å². The van der Waals surface area contributed by atoms with Gasteiger partial charge in [-0.15, -0.1) is 0 Å². The lowest BCUT2D eigenvalue weighted by molar-refractivity contribution is -0.137. The second kappa shape index (κ2) is 11.0. The Kier molecular flexibility index (Phi) is 9.19. The van der Waals surface area contributed by atoms with E-state index in [9.17, 15) is 13.6 Å². The van der Waals surface area contributed by atoms with Crippen molar-refractivity contribution in [3.8, 4) is 5.75 Å². The molecule has 0 saturated heterocycles. The Hall–Kier alpha value is -1.65. The van der Waals surface area contributed by atoms with E-state index in [2.05, 4.69) is 0 Å². The fourth-order valence-corrected chi connectivity index (χ4v) is 2.22. The summed E-state index contributed by atoms with van der Waals surface area (Å²) in [4.78, 5) is 10.3. The molecule has 1 N–H and O–H groups in total. The molecule has 0 aliphatic carbocycles. The number of unbranched alkanes of at least 4 members (excludes halogenated alkanes) is 7. The molecule has 22 heavy (non-hydrogen) atoms. The Balaban J connectivity index is 1.94. The second-order valence-corrected chi connectivity index (χ2v) is 5.37. The molecule has 0 atom stereocenters. The molecule has 0 amide bonds. The summed E-state index contributed by atoms with van der Waals surface area (Å²) in [5.41, 5.74) is 0. The van der Waals surface area contributed by atoms with Crippen LogP contribution in [0.25, 0.3) is 0 Å². The third-order valence-electron chi connectivity index (χ3n) is 3.46. The average molecular weight is 314 g/mol. The van der Waals surface area contributed by atoms with Gasteiger partial charge in [-0.1, -0.05) is 44.6 Å². The van der Waals surface area contributed by atoms with E-state index < -0.39 is 17.6 Å². The molecule has 0 fully saturated rings. The van der Waals surface area contributed by atoms with Crippen molar-refractivity contribution in [1.29, 1.82) is 0 Å². The Bertz CT molecular complexity index is 450. The number of aliphatic carboxylic acids is 1. The van der Waals surface area contributed by atoms with Crippen molar-refractivity contribution in [2.75, 3.05) is 6.61 Å². The molecule has 0 aliphatic rings. The zero-order valence-corrected chi connectivity index (χ0v) is 12.8. The average Bonchev–Trinajstić information content (AvgIpc) is 2.48. The van der Waals surface area contributed by atoms with Crippen LogP contribution in [0.15, 0.2) is 18.2 Å². The highest BCUT2D eigenvalue weighted by Crippen LogP contribution is 2.19. The largest absolute Gasteiger partial charge is 0.490 e. The molecule has 124 valence electrons. The topological polar surface area (TPSA) is 46.5 Å². The molecule has 0 heterocycles. The van der Waals surface area contributed by atoms with Crippen LogP contribution in [0, 0.1) is 11.6 Å². The summed E-state index contributed by atoms with van der Waals surface area (Å²) in [6.45, 7) is 0.388. The number of benzene rings is 1. The van der Waals surface area contributed by atoms with Gasteiger partial charge in [0, 0.05) is 6.42 Å². The zero-order valence-electron chi connectivity index (χ0n) is 12.8. The smallest absolute Gasteiger partial charge is 0.303 e. The minimum absolute atomic E-state index is 0.0292. The van der Waals surface area contributed by atoms with Gasteiger partial charge in [0.1, 0.15) is 0 Å². The molecule has 1 aromatic rings. The Morgan fingerprint density at radius 1 is 0.955 bits per heavy atom. The van der Waals surface area contributed by atoms with Gasteiger partial charge in [0.05, 0.1) is 6.61 Å². The molecule has 0 spiro atoms. The molecule has 0 aliphatic heterocycles. The normalized spacial score (nSPS) is 10.6. The van der Waals surface area contributed by atoms with E-state index in [1.54, 1.807) is 0 Å². The Morgan fingerprint density at radius 3 is 2.18 bits per heavy atom. The number of rotatable bonds is 12. The predicted molar refractivity (Wildman–Crippen MR) is 81.0 cm³/mol. The van der Waals surface area contributed by atoms with E-state index >= 15 is 0 Å². The lowest BCUT2D eigenvalue weighted by atomic mass is 10.1. The molecule has 0 unspecified atom stereocenters. The molecular weight excluding hydrogens is 290 g/mol. The first-order valence-corrected chi connectivity index (χ1v) is 7.90. The fourth-order valence-electron chi connectivity index (χ4n) is 2.22. The van der Waals surface area contributed by atoms with E-state index in [1.165, 1.54) is 12.1 Å². The van der Waals surface area contributed by atoms with E-state index in [0.717, 1.165) is 57.4 Å². The standard InChI is InChI=1S/C17H24F2O3/c18-14-10-9-11-15(17(14)19)22-13-8-6-4-2-1-3-5-7-12-16(20)21/h9-11H,1-8,12-13H2,(H,20,21). The lowest BCUT2D eigenvalue weighted by Gasteiger charge is -2.07. The summed E-state index contributed by atoms with van der Waals surface area (Å²) in [6.07, 6.45) is 8.15. The summed E-state index contributed by atoms with van der Waals surface area (Å²) in [5, 5.41) is 8.50. The molecular formula is C17H24F2O3. The maximum Gasteiger partial charge on any atom is 0.303 e. The van der Waals surface area contributed by atoms with Crippen molar-refractivity contribution in [3.05, 3.63) is 29.8 Å². The molecule has 3 nitrogen and oxygen atoms in total. The van der Waals surface area contributed by atoms with Crippen LogP contribution in [0.3, 0.4) is 0 Å². The van der Waals surface area contributed by atoms with Gasteiger partial charge in [0.15, 0.2) is 11.6 Å². The Labute approximate surface area is 130 Å². The maximum atomic E-state index is 13.3. The first-order valence-electron chi connectivity index (χ1n) is 7.90. The van der Waals surface area contributed by atoms with Gasteiger partial charge in [-0.05, 0) is 25.0 Å². The highest BCUT2D eigenvalue weighted by molar-refractivity contribution is 5.66. The van der Waals surface area contributed by atoms with Crippen LogP contribution in [-0.4, -0.2) is 17.7 Å². The molecule has 0 aromatic heterocycles. The molecule has 0 saturated carbocycles. The Morgan fingerprint density at radius 2 is 1.55 bits per heavy atom. The van der Waals surface area contributed by atoms with Gasteiger partial charge in [0.2, 0.25) is 5.82 Å². The minimum atomic E-state index is -0.927. The molecule has 1 aromatic carbocycles. The molecule has 0 radical (unpaired) electrons. The van der Waals surface area contributed by atoms with Crippen LogP contribution in [0.1, 0.15) is 57.8 Å². The quantitative estimate of drug-likeness (QED) is 0.556. The van der Waals surface area contributed by atoms with Gasteiger partial charge in [-0.2, -0.15) is 4.39 Å². The van der Waals surface area contributed by atoms with Gasteiger partial charge in [0.25, 0.3) is 0 Å². The van der Waals surface area contributed by atoms with E-state index in [4.69, 9.17) is 9.84 Å². The van der Waals surface area contributed by atoms with Crippen LogP contribution in [0.5, 0.6) is 5.75 Å². The number of carboxylic acid groups (broad SMARTS) is 1. The molecule has 5 heteroatoms. The highest BCUT2D eigenvalue weighted by atomic mass is 19.2. The highest BCUT2D eigenvalue weighted by Gasteiger charge is 2.07. The number of hydrogen-bond donors (Lipinski definition) is 1. The van der Waals surface area contributed by atoms with Gasteiger partial charge < -0.3 is 9.84 Å². The second-order valence-electron chi connectivity index (χ2n) is 5.37. The number of ether oxygens (including phenoxy) is 1. The minimum Gasteiger partial charge on any atom is -0.490 e. The first kappa shape index (κ1) is 18.4. The van der Waals surface area contributed by atoms with Crippen LogP contribution in [-0.2, 0) is 4.79 Å². The first-order chi connectivity index (χ1) is 10.6. The summed E-state index contributed by atoms with van der Waals surface area (Å²) >= 11 is 0. The molecule has 1 rings (SSSR count). The van der Waals surface area contributed by atoms with Crippen molar-refractivity contribution >= 4 is 5.97 Å². The number of carbonyl (C=O) groups is 1. The monoisotopic (exact) mass is 314 g/mol. The zero-order chi connectivity index (χ0) is 16.2. The van der Waals surface area contributed by atoms with Crippen molar-refractivity contribution in [1.82, 2.24) is 0 Å². The number of halogens is 2. The van der Waals surface area contributed by atoms with Gasteiger partial charge >= 0.3 is 5.97 Å². The molecule has 0 bridgehead atoms. The van der Waals surface area contributed by atoms with Crippen molar-refractivity contribution in [2.45, 2.75) is 57.8 Å². The van der Waals surface area contributed by atoms with E-state index in [-0.39, 0.29) is 12.2 Å². The lowest BCUT2D eigenvalue weighted by Crippen LogP contribution is -2.00. The van der Waals surface area contributed by atoms with Gasteiger partial charge in [-0.25, -0.2) is 4.39 Å². The van der Waals surface area contributed by atoms with Crippen molar-refractivity contribution in [2.24, 2.45) is 0 Å². The predicted octanol–water partition coefficient (Wildman–Crippen LogP) is 4.94. The third-order valence-corrected chi connectivity index (χ3v) is 3.46. The maximum absolute atomic E-state index is 13.3. The summed E-state index contributed by atoms with van der Waals surface area (Å²) in [6, 6.07) is 3.92. The summed E-state index contributed by atoms with van der Waals surface area (Å²) < 4.78 is 31.5.